The molecule has 1 saturated heterocycles. The molecule has 2 aromatic carbocycles. The van der Waals surface area contributed by atoms with E-state index in [2.05, 4.69) is 0 Å². The molecule has 6 nitrogen and oxygen atoms in total. The first kappa shape index (κ1) is 24.8. The largest absolute Gasteiger partial charge is 0.481 e. The van der Waals surface area contributed by atoms with Gasteiger partial charge in [0.15, 0.2) is 0 Å². The molecule has 33 heavy (non-hydrogen) atoms. The van der Waals surface area contributed by atoms with Gasteiger partial charge in [0.25, 0.3) is 0 Å². The Hall–Kier alpha value is -2.83. The number of amides is 1. The monoisotopic (exact) mass is 471 g/mol. The average molecular weight is 472 g/mol. The van der Waals surface area contributed by atoms with Crippen LogP contribution in [-0.2, 0) is 9.59 Å². The number of carbonyl (C=O) groups excluding carboxylic acids is 1. The van der Waals surface area contributed by atoms with Crippen molar-refractivity contribution in [3.8, 4) is 11.5 Å². The van der Waals surface area contributed by atoms with Crippen LogP contribution in [0.15, 0.2) is 60.7 Å². The molecule has 0 aliphatic carbocycles. The lowest BCUT2D eigenvalue weighted by Crippen LogP contribution is -2.32. The van der Waals surface area contributed by atoms with E-state index in [-0.39, 0.29) is 18.4 Å². The zero-order valence-electron chi connectivity index (χ0n) is 18.5. The summed E-state index contributed by atoms with van der Waals surface area (Å²) >= 11 is 6.01. The van der Waals surface area contributed by atoms with Crippen molar-refractivity contribution < 1.29 is 24.5 Å². The second-order valence-corrected chi connectivity index (χ2v) is 8.65. The normalized spacial score (nSPS) is 17.0. The van der Waals surface area contributed by atoms with Crippen molar-refractivity contribution in [1.29, 1.82) is 0 Å². The van der Waals surface area contributed by atoms with Crippen molar-refractivity contribution in [2.75, 3.05) is 6.54 Å². The first-order valence-corrected chi connectivity index (χ1v) is 11.7. The fraction of sp³-hybridized carbons (Fsp3) is 0.385. The van der Waals surface area contributed by atoms with E-state index >= 15 is 0 Å². The van der Waals surface area contributed by atoms with E-state index in [1.165, 1.54) is 0 Å². The van der Waals surface area contributed by atoms with E-state index in [9.17, 15) is 14.7 Å². The molecule has 176 valence electrons. The number of hydrogen-bond acceptors (Lipinski definition) is 4. The summed E-state index contributed by atoms with van der Waals surface area (Å²) in [4.78, 5) is 24.7. The van der Waals surface area contributed by atoms with Gasteiger partial charge in [0, 0.05) is 24.4 Å². The zero-order valence-corrected chi connectivity index (χ0v) is 19.3. The fourth-order valence-corrected chi connectivity index (χ4v) is 4.11. The second kappa shape index (κ2) is 12.4. The van der Waals surface area contributed by atoms with Crippen LogP contribution in [0.3, 0.4) is 0 Å². The lowest BCUT2D eigenvalue weighted by atomic mass is 10.1. The van der Waals surface area contributed by atoms with Gasteiger partial charge in [0.1, 0.15) is 11.5 Å². The number of aliphatic hydroxyl groups is 1. The van der Waals surface area contributed by atoms with Crippen molar-refractivity contribution >= 4 is 23.5 Å². The van der Waals surface area contributed by atoms with Gasteiger partial charge in [-0.3, -0.25) is 9.59 Å². The summed E-state index contributed by atoms with van der Waals surface area (Å²) in [6.07, 6.45) is 7.51. The standard InChI is InChI=1S/C26H30ClNO5/c27-20-8-6-10-23(18-20)33-22-9-5-7-19(17-22)24(29)14-12-21-13-15-25(30)28(21)16-4-2-1-3-11-26(31)32/h5-10,12,14,17-18,21,24,29H,1-4,11,13,15-16H2,(H,31,32)/b14-12+/t21-,24?/m0/s1. The van der Waals surface area contributed by atoms with Gasteiger partial charge in [0.2, 0.25) is 5.91 Å². The molecule has 1 aliphatic heterocycles. The average Bonchev–Trinajstić information content (AvgIpc) is 3.13. The van der Waals surface area contributed by atoms with Gasteiger partial charge in [-0.25, -0.2) is 0 Å². The van der Waals surface area contributed by atoms with Gasteiger partial charge in [0.05, 0.1) is 12.1 Å². The number of carboxylic acids is 1. The third-order valence-electron chi connectivity index (χ3n) is 5.66. The summed E-state index contributed by atoms with van der Waals surface area (Å²) in [5.41, 5.74) is 0.695. The lowest BCUT2D eigenvalue weighted by Gasteiger charge is -2.22. The van der Waals surface area contributed by atoms with Crippen LogP contribution in [0, 0.1) is 0 Å². The third kappa shape index (κ3) is 7.91. The Labute approximate surface area is 199 Å². The van der Waals surface area contributed by atoms with Gasteiger partial charge in [-0.15, -0.1) is 0 Å². The Morgan fingerprint density at radius 2 is 1.85 bits per heavy atom. The molecular formula is C26H30ClNO5. The summed E-state index contributed by atoms with van der Waals surface area (Å²) in [6.45, 7) is 0.653. The minimum absolute atomic E-state index is 0.0305. The molecule has 0 radical (unpaired) electrons. The summed E-state index contributed by atoms with van der Waals surface area (Å²) < 4.78 is 5.84. The van der Waals surface area contributed by atoms with E-state index in [4.69, 9.17) is 21.4 Å². The maximum Gasteiger partial charge on any atom is 0.303 e. The number of ether oxygens (including phenoxy) is 1. The zero-order chi connectivity index (χ0) is 23.6. The van der Waals surface area contributed by atoms with Crippen LogP contribution in [0.2, 0.25) is 5.02 Å². The van der Waals surface area contributed by atoms with E-state index < -0.39 is 12.1 Å². The smallest absolute Gasteiger partial charge is 0.303 e. The molecule has 2 N–H and O–H groups in total. The summed E-state index contributed by atoms with van der Waals surface area (Å²) in [7, 11) is 0. The molecule has 0 bridgehead atoms. The topological polar surface area (TPSA) is 87.1 Å². The van der Waals surface area contributed by atoms with Gasteiger partial charge in [-0.2, -0.15) is 0 Å². The van der Waals surface area contributed by atoms with Crippen LogP contribution < -0.4 is 4.74 Å². The third-order valence-corrected chi connectivity index (χ3v) is 5.90. The molecule has 1 fully saturated rings. The SMILES string of the molecule is O=C(O)CCCCCCN1C(=O)CC[C@@H]1/C=C/C(O)c1cccc(Oc2cccc(Cl)c2)c1. The summed E-state index contributed by atoms with van der Waals surface area (Å²) in [5.74, 6) is 0.576. The Balaban J connectivity index is 1.53. The van der Waals surface area contributed by atoms with E-state index in [0.29, 0.717) is 41.5 Å². The highest BCUT2D eigenvalue weighted by atomic mass is 35.5. The predicted molar refractivity (Wildman–Crippen MR) is 128 cm³/mol. The van der Waals surface area contributed by atoms with Crippen LogP contribution in [0.25, 0.3) is 0 Å². The van der Waals surface area contributed by atoms with Crippen molar-refractivity contribution in [2.24, 2.45) is 0 Å². The van der Waals surface area contributed by atoms with Crippen LogP contribution in [0.1, 0.15) is 56.6 Å². The number of benzene rings is 2. The molecule has 1 aliphatic rings. The first-order chi connectivity index (χ1) is 15.9. The van der Waals surface area contributed by atoms with E-state index in [1.54, 1.807) is 24.3 Å². The first-order valence-electron chi connectivity index (χ1n) is 11.3. The lowest BCUT2D eigenvalue weighted by molar-refractivity contribution is -0.137. The minimum atomic E-state index is -0.818. The Kier molecular flexibility index (Phi) is 9.34. The van der Waals surface area contributed by atoms with Crippen molar-refractivity contribution in [1.82, 2.24) is 4.90 Å². The molecule has 0 saturated carbocycles. The Bertz CT molecular complexity index is 977. The second-order valence-electron chi connectivity index (χ2n) is 8.21. The molecule has 3 rings (SSSR count). The number of halogens is 1. The molecule has 0 spiro atoms. The van der Waals surface area contributed by atoms with Gasteiger partial charge in [-0.05, 0) is 55.2 Å². The molecule has 1 amide bonds. The number of rotatable bonds is 12. The minimum Gasteiger partial charge on any atom is -0.481 e. The number of nitrogens with zero attached hydrogens (tertiary/aromatic N) is 1. The van der Waals surface area contributed by atoms with E-state index in [0.717, 1.165) is 25.7 Å². The highest BCUT2D eigenvalue weighted by Gasteiger charge is 2.28. The van der Waals surface area contributed by atoms with Crippen LogP contribution in [0.5, 0.6) is 11.5 Å². The van der Waals surface area contributed by atoms with Gasteiger partial charge >= 0.3 is 5.97 Å². The molecule has 1 heterocycles. The maximum atomic E-state index is 12.3. The fourth-order valence-electron chi connectivity index (χ4n) is 3.93. The number of aliphatic carboxylic acids is 1. The number of carbonyl (C=O) groups is 2. The highest BCUT2D eigenvalue weighted by molar-refractivity contribution is 6.30. The molecule has 2 atom stereocenters. The molecule has 7 heteroatoms. The number of hydrogen-bond donors (Lipinski definition) is 2. The molecular weight excluding hydrogens is 442 g/mol. The quantitative estimate of drug-likeness (QED) is 0.304. The number of aliphatic hydroxyl groups excluding tert-OH is 1. The van der Waals surface area contributed by atoms with Crippen LogP contribution in [-0.4, -0.2) is 39.6 Å². The number of carboxylic acid groups (broad SMARTS) is 1. The summed E-state index contributed by atoms with van der Waals surface area (Å²) in [5, 5.41) is 20.0. The van der Waals surface area contributed by atoms with Crippen molar-refractivity contribution in [3.63, 3.8) is 0 Å². The number of likely N-dealkylation sites (tertiary alicyclic amines) is 1. The summed E-state index contributed by atoms with van der Waals surface area (Å²) in [6, 6.07) is 14.3. The highest BCUT2D eigenvalue weighted by Crippen LogP contribution is 2.28. The van der Waals surface area contributed by atoms with Crippen molar-refractivity contribution in [3.05, 3.63) is 71.3 Å². The van der Waals surface area contributed by atoms with Gasteiger partial charge in [-0.1, -0.05) is 54.8 Å². The Morgan fingerprint density at radius 1 is 1.12 bits per heavy atom. The van der Waals surface area contributed by atoms with E-state index in [1.807, 2.05) is 41.3 Å². The molecule has 0 aromatic heterocycles. The van der Waals surface area contributed by atoms with Crippen LogP contribution >= 0.6 is 11.6 Å². The maximum absolute atomic E-state index is 12.3. The Morgan fingerprint density at radius 3 is 2.61 bits per heavy atom. The van der Waals surface area contributed by atoms with Crippen molar-refractivity contribution in [2.45, 2.75) is 57.1 Å². The molecule has 1 unspecified atom stereocenters. The van der Waals surface area contributed by atoms with Crippen LogP contribution in [0.4, 0.5) is 0 Å². The predicted octanol–water partition coefficient (Wildman–Crippen LogP) is 5.75. The van der Waals surface area contributed by atoms with Gasteiger partial charge < -0.3 is 19.8 Å². The molecule has 2 aromatic rings. The number of unbranched alkanes of at least 4 members (excludes halogenated alkanes) is 3.